The van der Waals surface area contributed by atoms with Gasteiger partial charge in [-0.05, 0) is 19.4 Å². The Balaban J connectivity index is 2.34. The van der Waals surface area contributed by atoms with E-state index in [0.29, 0.717) is 5.56 Å². The van der Waals surface area contributed by atoms with E-state index >= 15 is 0 Å². The zero-order valence-corrected chi connectivity index (χ0v) is 14.8. The van der Waals surface area contributed by atoms with Gasteiger partial charge in [-0.15, -0.1) is 0 Å². The molecule has 1 aliphatic heterocycles. The van der Waals surface area contributed by atoms with Crippen LogP contribution in [0, 0.1) is 11.3 Å². The highest BCUT2D eigenvalue weighted by Gasteiger charge is 2.57. The average molecular weight is 366 g/mol. The number of benzene rings is 1. The van der Waals surface area contributed by atoms with Crippen molar-refractivity contribution in [3.8, 4) is 6.07 Å². The van der Waals surface area contributed by atoms with Crippen LogP contribution in [-0.2, 0) is 19.9 Å². The smallest absolute Gasteiger partial charge is 0.342 e. The van der Waals surface area contributed by atoms with Gasteiger partial charge in [0.1, 0.15) is 23.6 Å². The molecule has 1 aromatic heterocycles. The molecule has 0 amide bonds. The number of rotatable bonds is 5. The molecular formula is C19H18N4O4. The first-order chi connectivity index (χ1) is 13.0. The van der Waals surface area contributed by atoms with Crippen LogP contribution in [0.4, 0.5) is 5.82 Å². The zero-order chi connectivity index (χ0) is 19.6. The normalized spacial score (nSPS) is 19.1. The first kappa shape index (κ1) is 18.4. The molecule has 8 nitrogen and oxygen atoms in total. The van der Waals surface area contributed by atoms with Gasteiger partial charge < -0.3 is 15.2 Å². The lowest BCUT2D eigenvalue weighted by atomic mass is 9.78. The number of ether oxygens (including phenoxy) is 1. The number of nitrogens with zero attached hydrogens (tertiary/aromatic N) is 3. The third-order valence-electron chi connectivity index (χ3n) is 4.46. The fourth-order valence-electron chi connectivity index (χ4n) is 3.26. The molecule has 0 saturated carbocycles. The number of anilines is 1. The standard InChI is InChI=1S/C19H18N4O4/c1-3-27-18(26)19(16(25)13-7-5-4-6-8-13)15(12(2)24)11-21-17-14(9-20)10-22-23(17)19/h4-8,10-11,16,21,25H,3H2,1-2H3. The number of hydrogen-bond acceptors (Lipinski definition) is 7. The molecule has 27 heavy (non-hydrogen) atoms. The van der Waals surface area contributed by atoms with E-state index < -0.39 is 23.4 Å². The summed E-state index contributed by atoms with van der Waals surface area (Å²) in [7, 11) is 0. The van der Waals surface area contributed by atoms with E-state index in [0.717, 1.165) is 4.68 Å². The largest absolute Gasteiger partial charge is 0.464 e. The molecule has 1 aromatic carbocycles. The number of ketones is 1. The Kier molecular flexibility index (Phi) is 4.79. The molecule has 0 radical (unpaired) electrons. The first-order valence-corrected chi connectivity index (χ1v) is 8.35. The van der Waals surface area contributed by atoms with Gasteiger partial charge in [0.25, 0.3) is 0 Å². The SMILES string of the molecule is CCOC(=O)C1(C(O)c2ccccc2)C(C(C)=O)=CNc2c(C#N)cnn21. The lowest BCUT2D eigenvalue weighted by Gasteiger charge is -2.40. The minimum absolute atomic E-state index is 0.0163. The minimum atomic E-state index is -1.96. The van der Waals surface area contributed by atoms with Crippen molar-refractivity contribution in [1.29, 1.82) is 5.26 Å². The monoisotopic (exact) mass is 366 g/mol. The van der Waals surface area contributed by atoms with Crippen molar-refractivity contribution in [2.24, 2.45) is 0 Å². The molecule has 0 fully saturated rings. The van der Waals surface area contributed by atoms with Crippen molar-refractivity contribution < 1.29 is 19.4 Å². The second-order valence-corrected chi connectivity index (χ2v) is 5.99. The van der Waals surface area contributed by atoms with E-state index in [-0.39, 0.29) is 23.6 Å². The van der Waals surface area contributed by atoms with Crippen molar-refractivity contribution >= 4 is 17.6 Å². The maximum Gasteiger partial charge on any atom is 0.342 e. The maximum atomic E-state index is 13.2. The maximum absolute atomic E-state index is 13.2. The highest BCUT2D eigenvalue weighted by atomic mass is 16.5. The van der Waals surface area contributed by atoms with E-state index in [1.54, 1.807) is 37.3 Å². The Hall–Kier alpha value is -3.44. The number of esters is 1. The summed E-state index contributed by atoms with van der Waals surface area (Å²) in [6.07, 6.45) is 1.12. The number of carbonyl (C=O) groups is 2. The quantitative estimate of drug-likeness (QED) is 0.773. The van der Waals surface area contributed by atoms with Crippen LogP contribution >= 0.6 is 0 Å². The number of aliphatic hydroxyl groups excluding tert-OH is 1. The van der Waals surface area contributed by atoms with Gasteiger partial charge in [-0.2, -0.15) is 10.4 Å². The second kappa shape index (κ2) is 7.05. The third-order valence-corrected chi connectivity index (χ3v) is 4.46. The first-order valence-electron chi connectivity index (χ1n) is 8.35. The van der Waals surface area contributed by atoms with Gasteiger partial charge in [0, 0.05) is 6.20 Å². The zero-order valence-electron chi connectivity index (χ0n) is 14.8. The summed E-state index contributed by atoms with van der Waals surface area (Å²) in [6.45, 7) is 2.96. The van der Waals surface area contributed by atoms with Crippen LogP contribution in [0.15, 0.2) is 48.3 Å². The van der Waals surface area contributed by atoms with Gasteiger partial charge >= 0.3 is 5.97 Å². The minimum Gasteiger partial charge on any atom is -0.464 e. The molecule has 2 atom stereocenters. The van der Waals surface area contributed by atoms with Crippen LogP contribution in [0.25, 0.3) is 0 Å². The summed E-state index contributed by atoms with van der Waals surface area (Å²) in [5.41, 5.74) is -1.40. The number of nitrogens with one attached hydrogen (secondary N) is 1. The lowest BCUT2D eigenvalue weighted by molar-refractivity contribution is -0.160. The number of fused-ring (bicyclic) bond motifs is 1. The predicted octanol–water partition coefficient (Wildman–Crippen LogP) is 1.65. The van der Waals surface area contributed by atoms with E-state index in [2.05, 4.69) is 10.4 Å². The van der Waals surface area contributed by atoms with Crippen LogP contribution in [0.2, 0.25) is 0 Å². The number of Topliss-reactive ketones (excluding diaryl/α,β-unsaturated/α-hetero) is 1. The van der Waals surface area contributed by atoms with Crippen LogP contribution in [0.1, 0.15) is 31.1 Å². The molecular weight excluding hydrogens is 348 g/mol. The summed E-state index contributed by atoms with van der Waals surface area (Å²) < 4.78 is 6.41. The summed E-state index contributed by atoms with van der Waals surface area (Å²) in [4.78, 5) is 25.6. The van der Waals surface area contributed by atoms with Gasteiger partial charge in [-0.3, -0.25) is 4.79 Å². The van der Waals surface area contributed by atoms with Crippen LogP contribution in [0.5, 0.6) is 0 Å². The Morgan fingerprint density at radius 1 is 1.41 bits per heavy atom. The van der Waals surface area contributed by atoms with Crippen molar-refractivity contribution in [3.63, 3.8) is 0 Å². The summed E-state index contributed by atoms with van der Waals surface area (Å²) >= 11 is 0. The Morgan fingerprint density at radius 3 is 2.70 bits per heavy atom. The molecule has 3 rings (SSSR count). The molecule has 2 aromatic rings. The predicted molar refractivity (Wildman–Crippen MR) is 95.3 cm³/mol. The highest BCUT2D eigenvalue weighted by molar-refractivity contribution is 6.04. The molecule has 2 N–H and O–H groups in total. The number of carbonyl (C=O) groups excluding carboxylic acids is 2. The lowest BCUT2D eigenvalue weighted by Crippen LogP contribution is -2.54. The Morgan fingerprint density at radius 2 is 2.11 bits per heavy atom. The second-order valence-electron chi connectivity index (χ2n) is 5.99. The molecule has 0 saturated heterocycles. The third kappa shape index (κ3) is 2.69. The molecule has 8 heteroatoms. The van der Waals surface area contributed by atoms with Crippen molar-refractivity contribution in [1.82, 2.24) is 9.78 Å². The molecule has 0 aliphatic carbocycles. The van der Waals surface area contributed by atoms with E-state index in [4.69, 9.17) is 4.74 Å². The fraction of sp³-hybridized carbons (Fsp3) is 0.263. The Bertz CT molecular complexity index is 958. The molecule has 0 bridgehead atoms. The van der Waals surface area contributed by atoms with Crippen molar-refractivity contribution in [3.05, 3.63) is 59.4 Å². The van der Waals surface area contributed by atoms with Crippen LogP contribution < -0.4 is 5.32 Å². The van der Waals surface area contributed by atoms with Gasteiger partial charge in [0.05, 0.1) is 18.4 Å². The molecule has 2 unspecified atom stereocenters. The fourth-order valence-corrected chi connectivity index (χ4v) is 3.26. The Labute approximate surface area is 155 Å². The van der Waals surface area contributed by atoms with E-state index in [9.17, 15) is 20.0 Å². The molecule has 0 spiro atoms. The number of nitriles is 1. The van der Waals surface area contributed by atoms with Gasteiger partial charge in [0.2, 0.25) is 5.54 Å². The summed E-state index contributed by atoms with van der Waals surface area (Å²) in [6, 6.07) is 10.4. The highest BCUT2D eigenvalue weighted by Crippen LogP contribution is 2.45. The number of aromatic nitrogens is 2. The van der Waals surface area contributed by atoms with Crippen LogP contribution in [0.3, 0.4) is 0 Å². The average Bonchev–Trinajstić information content (AvgIpc) is 3.10. The molecule has 138 valence electrons. The van der Waals surface area contributed by atoms with Crippen LogP contribution in [-0.4, -0.2) is 33.2 Å². The number of hydrogen-bond donors (Lipinski definition) is 2. The van der Waals surface area contributed by atoms with Gasteiger partial charge in [-0.1, -0.05) is 30.3 Å². The summed E-state index contributed by atoms with van der Waals surface area (Å²) in [5, 5.41) is 27.6. The number of aliphatic hydroxyl groups is 1. The van der Waals surface area contributed by atoms with E-state index in [1.165, 1.54) is 19.3 Å². The van der Waals surface area contributed by atoms with Gasteiger partial charge in [0.15, 0.2) is 5.78 Å². The topological polar surface area (TPSA) is 117 Å². The summed E-state index contributed by atoms with van der Waals surface area (Å²) in [5.74, 6) is -1.08. The van der Waals surface area contributed by atoms with Gasteiger partial charge in [-0.25, -0.2) is 9.48 Å². The molecule has 2 heterocycles. The molecule has 1 aliphatic rings. The van der Waals surface area contributed by atoms with Crippen molar-refractivity contribution in [2.75, 3.05) is 11.9 Å². The van der Waals surface area contributed by atoms with E-state index in [1.807, 2.05) is 6.07 Å². The van der Waals surface area contributed by atoms with Crippen molar-refractivity contribution in [2.45, 2.75) is 25.5 Å².